The maximum absolute atomic E-state index is 12.9. The minimum absolute atomic E-state index is 0.0992. The number of fused-ring (bicyclic) bond motifs is 2. The molecule has 1 amide bonds. The van der Waals surface area contributed by atoms with E-state index in [1.165, 1.54) is 0 Å². The smallest absolute Gasteiger partial charge is 0.289 e. The molecule has 7 nitrogen and oxygen atoms in total. The summed E-state index contributed by atoms with van der Waals surface area (Å²) in [6, 6.07) is 13.3. The van der Waals surface area contributed by atoms with E-state index in [0.29, 0.717) is 35.9 Å². The highest BCUT2D eigenvalue weighted by molar-refractivity contribution is 5.97. The molecule has 5 rings (SSSR count). The quantitative estimate of drug-likeness (QED) is 0.696. The minimum atomic E-state index is -0.0992. The maximum atomic E-state index is 12.9. The number of rotatable bonds is 3. The first kappa shape index (κ1) is 16.8. The number of ether oxygens (including phenoxy) is 3. The first-order valence-corrected chi connectivity index (χ1v) is 9.23. The fraction of sp³-hybridized carbons (Fsp3) is 0.286. The summed E-state index contributed by atoms with van der Waals surface area (Å²) in [6.45, 7) is 2.93. The van der Waals surface area contributed by atoms with Crippen LogP contribution < -0.4 is 19.1 Å². The highest BCUT2D eigenvalue weighted by atomic mass is 16.7. The van der Waals surface area contributed by atoms with Crippen molar-refractivity contribution >= 4 is 22.6 Å². The van der Waals surface area contributed by atoms with E-state index >= 15 is 0 Å². The number of amides is 1. The van der Waals surface area contributed by atoms with Crippen LogP contribution in [0, 0.1) is 0 Å². The van der Waals surface area contributed by atoms with Crippen molar-refractivity contribution in [2.75, 3.05) is 45.0 Å². The Labute approximate surface area is 162 Å². The number of hydrogen-bond acceptors (Lipinski definition) is 6. The molecule has 0 radical (unpaired) electrons. The van der Waals surface area contributed by atoms with Crippen LogP contribution in [0.4, 0.5) is 5.69 Å². The Morgan fingerprint density at radius 2 is 1.75 bits per heavy atom. The summed E-state index contributed by atoms with van der Waals surface area (Å²) in [6.07, 6.45) is 0. The Morgan fingerprint density at radius 1 is 1.00 bits per heavy atom. The van der Waals surface area contributed by atoms with E-state index in [0.717, 1.165) is 29.9 Å². The van der Waals surface area contributed by atoms with Gasteiger partial charge in [0.25, 0.3) is 5.91 Å². The van der Waals surface area contributed by atoms with Gasteiger partial charge in [0.05, 0.1) is 12.8 Å². The first-order valence-electron chi connectivity index (χ1n) is 9.23. The second-order valence-electron chi connectivity index (χ2n) is 6.81. The van der Waals surface area contributed by atoms with Crippen LogP contribution in [-0.4, -0.2) is 50.9 Å². The fourth-order valence-electron chi connectivity index (χ4n) is 3.73. The summed E-state index contributed by atoms with van der Waals surface area (Å²) >= 11 is 0. The lowest BCUT2D eigenvalue weighted by Crippen LogP contribution is -2.48. The molecule has 0 unspecified atom stereocenters. The van der Waals surface area contributed by atoms with Gasteiger partial charge in [-0.1, -0.05) is 12.1 Å². The lowest BCUT2D eigenvalue weighted by atomic mass is 10.2. The second kappa shape index (κ2) is 6.67. The van der Waals surface area contributed by atoms with Gasteiger partial charge in [-0.3, -0.25) is 4.79 Å². The van der Waals surface area contributed by atoms with E-state index in [1.807, 2.05) is 35.2 Å². The molecule has 0 spiro atoms. The summed E-state index contributed by atoms with van der Waals surface area (Å²) in [5.74, 6) is 2.41. The molecule has 2 aliphatic heterocycles. The molecular formula is C21H20N2O5. The van der Waals surface area contributed by atoms with Crippen molar-refractivity contribution in [3.8, 4) is 17.2 Å². The van der Waals surface area contributed by atoms with E-state index in [9.17, 15) is 4.79 Å². The van der Waals surface area contributed by atoms with Crippen molar-refractivity contribution in [3.05, 3.63) is 48.2 Å². The van der Waals surface area contributed by atoms with Gasteiger partial charge in [-0.05, 0) is 24.3 Å². The Morgan fingerprint density at radius 3 is 2.54 bits per heavy atom. The van der Waals surface area contributed by atoms with E-state index in [2.05, 4.69) is 4.90 Å². The van der Waals surface area contributed by atoms with Crippen molar-refractivity contribution in [3.63, 3.8) is 0 Å². The van der Waals surface area contributed by atoms with Gasteiger partial charge in [0.1, 0.15) is 11.3 Å². The monoisotopic (exact) mass is 380 g/mol. The second-order valence-corrected chi connectivity index (χ2v) is 6.81. The summed E-state index contributed by atoms with van der Waals surface area (Å²) in [5.41, 5.74) is 1.68. The van der Waals surface area contributed by atoms with E-state index in [1.54, 1.807) is 19.2 Å². The van der Waals surface area contributed by atoms with E-state index in [4.69, 9.17) is 18.6 Å². The molecule has 0 atom stereocenters. The van der Waals surface area contributed by atoms with Gasteiger partial charge >= 0.3 is 0 Å². The van der Waals surface area contributed by atoms with Gasteiger partial charge in [-0.25, -0.2) is 0 Å². The normalized spacial score (nSPS) is 15.9. The number of hydrogen-bond donors (Lipinski definition) is 0. The van der Waals surface area contributed by atoms with Crippen molar-refractivity contribution in [1.29, 1.82) is 0 Å². The molecule has 2 aromatic carbocycles. The number of carbonyl (C=O) groups is 1. The van der Waals surface area contributed by atoms with Gasteiger partial charge in [-0.2, -0.15) is 0 Å². The number of methoxy groups -OCH3 is 1. The number of carbonyl (C=O) groups excluding carboxylic acids is 1. The molecule has 1 saturated heterocycles. The van der Waals surface area contributed by atoms with Gasteiger partial charge in [-0.15, -0.1) is 0 Å². The number of furan rings is 1. The van der Waals surface area contributed by atoms with Gasteiger partial charge in [0, 0.05) is 37.6 Å². The molecule has 144 valence electrons. The highest BCUT2D eigenvalue weighted by Crippen LogP contribution is 2.37. The van der Waals surface area contributed by atoms with E-state index in [-0.39, 0.29) is 12.7 Å². The fourth-order valence-corrected chi connectivity index (χ4v) is 3.73. The molecule has 3 heterocycles. The van der Waals surface area contributed by atoms with Crippen LogP contribution in [0.25, 0.3) is 11.0 Å². The van der Waals surface area contributed by atoms with Crippen molar-refractivity contribution in [1.82, 2.24) is 4.90 Å². The largest absolute Gasteiger partial charge is 0.495 e. The molecule has 0 bridgehead atoms. The predicted octanol–water partition coefficient (Wildman–Crippen LogP) is 3.13. The van der Waals surface area contributed by atoms with E-state index < -0.39 is 0 Å². The van der Waals surface area contributed by atoms with Crippen LogP contribution in [0.15, 0.2) is 46.9 Å². The standard InChI is InChI=1S/C21H20N2O5/c1-25-16-5-3-2-4-15(16)22-6-8-23(9-7-22)21(24)20-11-14-10-18-19(27-13-26-18)12-17(14)28-20/h2-5,10-12H,6-9,13H2,1H3. The maximum Gasteiger partial charge on any atom is 0.289 e. The van der Waals surface area contributed by atoms with Crippen LogP contribution in [0.1, 0.15) is 10.6 Å². The molecule has 7 heteroatoms. The van der Waals surface area contributed by atoms with Gasteiger partial charge in [0.2, 0.25) is 6.79 Å². The lowest BCUT2D eigenvalue weighted by Gasteiger charge is -2.36. The van der Waals surface area contributed by atoms with Crippen LogP contribution in [0.3, 0.4) is 0 Å². The Balaban J connectivity index is 1.31. The lowest BCUT2D eigenvalue weighted by molar-refractivity contribution is 0.0717. The Hall–Kier alpha value is -3.35. The summed E-state index contributed by atoms with van der Waals surface area (Å²) < 4.78 is 22.0. The topological polar surface area (TPSA) is 64.4 Å². The molecule has 3 aromatic rings. The predicted molar refractivity (Wildman–Crippen MR) is 103 cm³/mol. The molecule has 2 aliphatic rings. The molecule has 0 N–H and O–H groups in total. The Kier molecular flexibility index (Phi) is 4.00. The molecule has 1 aromatic heterocycles. The summed E-state index contributed by atoms with van der Waals surface area (Å²) in [4.78, 5) is 17.0. The third kappa shape index (κ3) is 2.79. The molecule has 0 aliphatic carbocycles. The SMILES string of the molecule is COc1ccccc1N1CCN(C(=O)c2cc3cc4c(cc3o2)OCO4)CC1. The number of piperazine rings is 1. The van der Waals surface area contributed by atoms with Crippen LogP contribution in [0.2, 0.25) is 0 Å². The van der Waals surface area contributed by atoms with Crippen molar-refractivity contribution in [2.24, 2.45) is 0 Å². The molecule has 0 saturated carbocycles. The summed E-state index contributed by atoms with van der Waals surface area (Å²) in [5, 5.41) is 0.834. The average molecular weight is 380 g/mol. The average Bonchev–Trinajstić information content (AvgIpc) is 3.37. The summed E-state index contributed by atoms with van der Waals surface area (Å²) in [7, 11) is 1.67. The third-order valence-corrected chi connectivity index (χ3v) is 5.22. The van der Waals surface area contributed by atoms with Crippen LogP contribution in [-0.2, 0) is 0 Å². The zero-order chi connectivity index (χ0) is 19.1. The van der Waals surface area contributed by atoms with Gasteiger partial charge in [0.15, 0.2) is 17.3 Å². The number of benzene rings is 2. The highest BCUT2D eigenvalue weighted by Gasteiger charge is 2.26. The zero-order valence-corrected chi connectivity index (χ0v) is 15.5. The van der Waals surface area contributed by atoms with Crippen molar-refractivity contribution in [2.45, 2.75) is 0 Å². The zero-order valence-electron chi connectivity index (χ0n) is 15.5. The number of nitrogens with zero attached hydrogens (tertiary/aromatic N) is 2. The molecule has 28 heavy (non-hydrogen) atoms. The molecular weight excluding hydrogens is 360 g/mol. The first-order chi connectivity index (χ1) is 13.7. The molecule has 1 fully saturated rings. The van der Waals surface area contributed by atoms with Crippen molar-refractivity contribution < 1.29 is 23.4 Å². The Bertz CT molecular complexity index is 995. The minimum Gasteiger partial charge on any atom is -0.495 e. The van der Waals surface area contributed by atoms with Crippen LogP contribution in [0.5, 0.6) is 17.2 Å². The number of anilines is 1. The van der Waals surface area contributed by atoms with Gasteiger partial charge < -0.3 is 28.4 Å². The number of para-hydroxylation sites is 2. The third-order valence-electron chi connectivity index (χ3n) is 5.22. The van der Waals surface area contributed by atoms with Crippen LogP contribution >= 0.6 is 0 Å².